The second kappa shape index (κ2) is 6.37. The van der Waals surface area contributed by atoms with Crippen molar-refractivity contribution in [3.8, 4) is 0 Å². The molecule has 0 unspecified atom stereocenters. The molecule has 0 amide bonds. The molecule has 3 N–H and O–H groups in total. The normalized spacial score (nSPS) is 11.9. The van der Waals surface area contributed by atoms with Gasteiger partial charge < -0.3 is 10.8 Å². The first-order valence-corrected chi connectivity index (χ1v) is 3.60. The monoisotopic (exact) mass is 167 g/mol. The summed E-state index contributed by atoms with van der Waals surface area (Å²) < 4.78 is 0. The van der Waals surface area contributed by atoms with Crippen LogP contribution >= 0.6 is 0 Å². The Hall–Kier alpha value is -1.35. The highest BCUT2D eigenvalue weighted by Crippen LogP contribution is 2.02. The van der Waals surface area contributed by atoms with E-state index < -0.39 is 5.97 Å². The Labute approximate surface area is 71.9 Å². The fourth-order valence-corrected chi connectivity index (χ4v) is 0.717. The van der Waals surface area contributed by atoms with E-state index in [9.17, 15) is 4.79 Å². The van der Waals surface area contributed by atoms with Gasteiger partial charge in [-0.3, -0.25) is 4.79 Å². The summed E-state index contributed by atoms with van der Waals surface area (Å²) in [7, 11) is 0. The molecule has 0 aromatic carbocycles. The van der Waals surface area contributed by atoms with Crippen molar-refractivity contribution in [3.05, 3.63) is 36.5 Å². The van der Waals surface area contributed by atoms with Crippen molar-refractivity contribution in [2.24, 2.45) is 5.73 Å². The summed E-state index contributed by atoms with van der Waals surface area (Å²) in [6, 6.07) is 0. The molecule has 0 fully saturated rings. The number of allylic oxidation sites excluding steroid dienone is 3. The summed E-state index contributed by atoms with van der Waals surface area (Å²) in [5, 5.41) is 8.47. The maximum atomic E-state index is 10.3. The van der Waals surface area contributed by atoms with Gasteiger partial charge in [0.05, 0.1) is 6.42 Å². The molecule has 0 radical (unpaired) electrons. The molecule has 0 saturated heterocycles. The molecule has 3 nitrogen and oxygen atoms in total. The largest absolute Gasteiger partial charge is 0.481 e. The van der Waals surface area contributed by atoms with Crippen LogP contribution in [0.4, 0.5) is 0 Å². The van der Waals surface area contributed by atoms with Gasteiger partial charge in [0.2, 0.25) is 0 Å². The number of carboxylic acids is 1. The molecule has 12 heavy (non-hydrogen) atoms. The minimum atomic E-state index is -0.858. The second-order valence-corrected chi connectivity index (χ2v) is 2.18. The molecule has 0 atom stereocenters. The summed E-state index contributed by atoms with van der Waals surface area (Å²) in [5.41, 5.74) is 5.95. The standard InChI is InChI=1S/C9H13NO2/c1-2-3-4-8(5-6-10)7-9(11)12/h2-5H,1,6-7,10H2,(H,11,12)/b4-3-,8-5+. The average molecular weight is 167 g/mol. The van der Waals surface area contributed by atoms with E-state index in [1.807, 2.05) is 0 Å². The third-order valence-electron chi connectivity index (χ3n) is 1.18. The lowest BCUT2D eigenvalue weighted by Gasteiger charge is -1.95. The van der Waals surface area contributed by atoms with E-state index in [2.05, 4.69) is 6.58 Å². The van der Waals surface area contributed by atoms with Crippen LogP contribution in [-0.4, -0.2) is 17.6 Å². The number of aliphatic carboxylic acids is 1. The number of nitrogens with two attached hydrogens (primary N) is 1. The third-order valence-corrected chi connectivity index (χ3v) is 1.18. The molecule has 0 saturated carbocycles. The first kappa shape index (κ1) is 10.7. The molecule has 0 aromatic rings. The van der Waals surface area contributed by atoms with Crippen molar-refractivity contribution in [2.75, 3.05) is 6.54 Å². The SMILES string of the molecule is C=C/C=C\C(=C/CN)CC(=O)O. The zero-order chi connectivity index (χ0) is 9.40. The highest BCUT2D eigenvalue weighted by atomic mass is 16.4. The Balaban J connectivity index is 4.23. The van der Waals surface area contributed by atoms with Crippen molar-refractivity contribution in [1.29, 1.82) is 0 Å². The first-order chi connectivity index (χ1) is 5.70. The summed E-state index contributed by atoms with van der Waals surface area (Å²) in [4.78, 5) is 10.3. The average Bonchev–Trinajstić information content (AvgIpc) is 2.00. The van der Waals surface area contributed by atoms with E-state index in [0.717, 1.165) is 0 Å². The molecule has 0 aliphatic rings. The summed E-state index contributed by atoms with van der Waals surface area (Å²) in [6.07, 6.45) is 6.64. The molecular formula is C9H13NO2. The third kappa shape index (κ3) is 5.44. The van der Waals surface area contributed by atoms with E-state index in [1.165, 1.54) is 0 Å². The minimum Gasteiger partial charge on any atom is -0.481 e. The van der Waals surface area contributed by atoms with Gasteiger partial charge in [-0.1, -0.05) is 30.9 Å². The lowest BCUT2D eigenvalue weighted by molar-refractivity contribution is -0.136. The van der Waals surface area contributed by atoms with Gasteiger partial charge in [-0.15, -0.1) is 0 Å². The number of carboxylic acid groups (broad SMARTS) is 1. The Morgan fingerprint density at radius 2 is 2.25 bits per heavy atom. The van der Waals surface area contributed by atoms with E-state index in [-0.39, 0.29) is 6.42 Å². The van der Waals surface area contributed by atoms with Gasteiger partial charge in [0.25, 0.3) is 0 Å². The van der Waals surface area contributed by atoms with Crippen molar-refractivity contribution >= 4 is 5.97 Å². The van der Waals surface area contributed by atoms with Crippen molar-refractivity contribution in [3.63, 3.8) is 0 Å². The topological polar surface area (TPSA) is 63.3 Å². The zero-order valence-corrected chi connectivity index (χ0v) is 6.86. The van der Waals surface area contributed by atoms with E-state index >= 15 is 0 Å². The van der Waals surface area contributed by atoms with Crippen LogP contribution in [0, 0.1) is 0 Å². The summed E-state index contributed by atoms with van der Waals surface area (Å²) in [5.74, 6) is -0.858. The van der Waals surface area contributed by atoms with Gasteiger partial charge in [-0.2, -0.15) is 0 Å². The minimum absolute atomic E-state index is 0.00153. The Bertz CT molecular complexity index is 217. The quantitative estimate of drug-likeness (QED) is 0.602. The molecule has 0 heterocycles. The fraction of sp³-hybridized carbons (Fsp3) is 0.222. The zero-order valence-electron chi connectivity index (χ0n) is 6.86. The fourth-order valence-electron chi connectivity index (χ4n) is 0.717. The predicted molar refractivity (Wildman–Crippen MR) is 48.7 cm³/mol. The van der Waals surface area contributed by atoms with Crippen molar-refractivity contribution < 1.29 is 9.90 Å². The Morgan fingerprint density at radius 3 is 2.67 bits per heavy atom. The van der Waals surface area contributed by atoms with Gasteiger partial charge in [0.1, 0.15) is 0 Å². The number of carbonyl (C=O) groups is 1. The van der Waals surface area contributed by atoms with Crippen LogP contribution in [0.5, 0.6) is 0 Å². The predicted octanol–water partition coefficient (Wildman–Crippen LogP) is 1.09. The molecular weight excluding hydrogens is 154 g/mol. The first-order valence-electron chi connectivity index (χ1n) is 3.60. The van der Waals surface area contributed by atoms with Crippen LogP contribution in [0.1, 0.15) is 6.42 Å². The van der Waals surface area contributed by atoms with Crippen LogP contribution in [0.25, 0.3) is 0 Å². The van der Waals surface area contributed by atoms with Crippen molar-refractivity contribution in [1.82, 2.24) is 0 Å². The number of rotatable bonds is 5. The van der Waals surface area contributed by atoms with Gasteiger partial charge in [-0.25, -0.2) is 0 Å². The maximum Gasteiger partial charge on any atom is 0.307 e. The lowest BCUT2D eigenvalue weighted by atomic mass is 10.1. The number of hydrogen-bond donors (Lipinski definition) is 2. The van der Waals surface area contributed by atoms with Crippen LogP contribution in [0.3, 0.4) is 0 Å². The van der Waals surface area contributed by atoms with E-state index in [4.69, 9.17) is 10.8 Å². The summed E-state index contributed by atoms with van der Waals surface area (Å²) in [6.45, 7) is 3.83. The van der Waals surface area contributed by atoms with E-state index in [0.29, 0.717) is 12.1 Å². The molecule has 0 rings (SSSR count). The molecule has 0 aliphatic carbocycles. The molecule has 0 aliphatic heterocycles. The molecule has 66 valence electrons. The molecule has 0 bridgehead atoms. The van der Waals surface area contributed by atoms with Gasteiger partial charge in [0.15, 0.2) is 0 Å². The lowest BCUT2D eigenvalue weighted by Crippen LogP contribution is -2.00. The molecule has 0 aromatic heterocycles. The maximum absolute atomic E-state index is 10.3. The van der Waals surface area contributed by atoms with Crippen LogP contribution in [-0.2, 0) is 4.79 Å². The molecule has 0 spiro atoms. The van der Waals surface area contributed by atoms with Crippen molar-refractivity contribution in [2.45, 2.75) is 6.42 Å². The Kier molecular flexibility index (Phi) is 5.65. The van der Waals surface area contributed by atoms with Gasteiger partial charge in [-0.05, 0) is 5.57 Å². The van der Waals surface area contributed by atoms with Gasteiger partial charge >= 0.3 is 5.97 Å². The Morgan fingerprint density at radius 1 is 1.58 bits per heavy atom. The number of hydrogen-bond acceptors (Lipinski definition) is 2. The summed E-state index contributed by atoms with van der Waals surface area (Å²) >= 11 is 0. The smallest absolute Gasteiger partial charge is 0.307 e. The molecule has 3 heteroatoms. The van der Waals surface area contributed by atoms with Gasteiger partial charge in [0, 0.05) is 6.54 Å². The highest BCUT2D eigenvalue weighted by molar-refractivity contribution is 5.71. The van der Waals surface area contributed by atoms with Crippen LogP contribution in [0.15, 0.2) is 36.5 Å². The second-order valence-electron chi connectivity index (χ2n) is 2.18. The van der Waals surface area contributed by atoms with Crippen LogP contribution in [0.2, 0.25) is 0 Å². The van der Waals surface area contributed by atoms with Crippen LogP contribution < -0.4 is 5.73 Å². The highest BCUT2D eigenvalue weighted by Gasteiger charge is 1.98. The van der Waals surface area contributed by atoms with E-state index in [1.54, 1.807) is 24.3 Å².